The van der Waals surface area contributed by atoms with Crippen LogP contribution in [-0.4, -0.2) is 92.7 Å². The van der Waals surface area contributed by atoms with Gasteiger partial charge in [0.2, 0.25) is 5.91 Å². The van der Waals surface area contributed by atoms with Crippen molar-refractivity contribution in [2.45, 2.75) is 12.8 Å². The highest BCUT2D eigenvalue weighted by Crippen LogP contribution is 2.18. The van der Waals surface area contributed by atoms with E-state index in [1.807, 2.05) is 35.2 Å². The van der Waals surface area contributed by atoms with E-state index in [1.54, 1.807) is 0 Å². The van der Waals surface area contributed by atoms with Crippen LogP contribution in [0.2, 0.25) is 0 Å². The Morgan fingerprint density at radius 3 is 2.25 bits per heavy atom. The van der Waals surface area contributed by atoms with Crippen LogP contribution in [0.1, 0.15) is 12.8 Å². The van der Waals surface area contributed by atoms with E-state index in [2.05, 4.69) is 9.80 Å². The Hall–Kier alpha value is -2.12. The molecule has 0 saturated carbocycles. The number of nitrogens with zero attached hydrogens (tertiary/aromatic N) is 3. The fraction of sp³-hybridized carbons (Fsp3) is 0.619. The molecule has 2 aliphatic heterocycles. The number of ether oxygens (including phenoxy) is 2. The Balaban J connectivity index is 1.31. The molecule has 1 amide bonds. The average molecular weight is 389 g/mol. The number of para-hydroxylation sites is 1. The van der Waals surface area contributed by atoms with Crippen molar-refractivity contribution < 1.29 is 19.1 Å². The number of carbonyl (C=O) groups excluding carboxylic acids is 2. The van der Waals surface area contributed by atoms with Gasteiger partial charge in [-0.25, -0.2) is 0 Å². The molecule has 3 rings (SSSR count). The van der Waals surface area contributed by atoms with Crippen LogP contribution in [0.3, 0.4) is 0 Å². The van der Waals surface area contributed by atoms with Crippen molar-refractivity contribution in [3.63, 3.8) is 0 Å². The van der Waals surface area contributed by atoms with E-state index in [0.717, 1.165) is 38.5 Å². The second-order valence-corrected chi connectivity index (χ2v) is 7.46. The molecule has 2 heterocycles. The molecule has 7 heteroatoms. The van der Waals surface area contributed by atoms with E-state index in [1.165, 1.54) is 7.11 Å². The maximum atomic E-state index is 12.6. The molecule has 1 aromatic carbocycles. The molecule has 2 saturated heterocycles. The molecule has 1 aromatic rings. The number of likely N-dealkylation sites (tertiary alicyclic amines) is 1. The molecule has 0 atom stereocenters. The van der Waals surface area contributed by atoms with Crippen LogP contribution in [0, 0.1) is 5.92 Å². The van der Waals surface area contributed by atoms with Crippen LogP contribution in [0.5, 0.6) is 5.75 Å². The molecule has 0 bridgehead atoms. The third kappa shape index (κ3) is 5.94. The Labute approximate surface area is 167 Å². The predicted molar refractivity (Wildman–Crippen MR) is 106 cm³/mol. The first kappa shape index (κ1) is 20.6. The van der Waals surface area contributed by atoms with Gasteiger partial charge >= 0.3 is 5.97 Å². The summed E-state index contributed by atoms with van der Waals surface area (Å²) >= 11 is 0. The van der Waals surface area contributed by atoms with Crippen LogP contribution in [0.4, 0.5) is 0 Å². The smallest absolute Gasteiger partial charge is 0.308 e. The third-order valence-electron chi connectivity index (χ3n) is 5.63. The van der Waals surface area contributed by atoms with Gasteiger partial charge in [-0.05, 0) is 25.0 Å². The van der Waals surface area contributed by atoms with Gasteiger partial charge in [-0.1, -0.05) is 18.2 Å². The van der Waals surface area contributed by atoms with E-state index >= 15 is 0 Å². The first-order chi connectivity index (χ1) is 13.7. The second kappa shape index (κ2) is 10.4. The highest BCUT2D eigenvalue weighted by Gasteiger charge is 2.29. The first-order valence-corrected chi connectivity index (χ1v) is 10.1. The van der Waals surface area contributed by atoms with Crippen molar-refractivity contribution in [3.8, 4) is 5.75 Å². The maximum absolute atomic E-state index is 12.6. The monoisotopic (exact) mass is 389 g/mol. The second-order valence-electron chi connectivity index (χ2n) is 7.46. The summed E-state index contributed by atoms with van der Waals surface area (Å²) in [4.78, 5) is 30.7. The lowest BCUT2D eigenvalue weighted by molar-refractivity contribution is -0.149. The molecule has 0 radical (unpaired) electrons. The number of piperidine rings is 1. The summed E-state index contributed by atoms with van der Waals surface area (Å²) in [6, 6.07) is 9.87. The van der Waals surface area contributed by atoms with E-state index in [4.69, 9.17) is 9.47 Å². The van der Waals surface area contributed by atoms with Gasteiger partial charge in [0.1, 0.15) is 12.4 Å². The number of amides is 1. The quantitative estimate of drug-likeness (QED) is 0.651. The topological polar surface area (TPSA) is 62.3 Å². The number of hydrogen-bond donors (Lipinski definition) is 0. The third-order valence-corrected chi connectivity index (χ3v) is 5.63. The summed E-state index contributed by atoms with van der Waals surface area (Å²) in [5.74, 6) is 0.863. The minimum atomic E-state index is -0.153. The summed E-state index contributed by atoms with van der Waals surface area (Å²) in [5.41, 5.74) is 0. The highest BCUT2D eigenvalue weighted by atomic mass is 16.5. The van der Waals surface area contributed by atoms with Crippen molar-refractivity contribution in [1.82, 2.24) is 14.7 Å². The normalized spacial score (nSPS) is 19.4. The lowest BCUT2D eigenvalue weighted by Crippen LogP contribution is -2.51. The van der Waals surface area contributed by atoms with Gasteiger partial charge in [0.25, 0.3) is 0 Å². The Kier molecular flexibility index (Phi) is 7.68. The molecule has 2 aliphatic rings. The molecular weight excluding hydrogens is 358 g/mol. The van der Waals surface area contributed by atoms with E-state index < -0.39 is 0 Å². The average Bonchev–Trinajstić information content (AvgIpc) is 2.75. The lowest BCUT2D eigenvalue weighted by atomic mass is 9.97. The minimum absolute atomic E-state index is 0.0595. The van der Waals surface area contributed by atoms with Crippen molar-refractivity contribution in [2.75, 3.05) is 66.1 Å². The van der Waals surface area contributed by atoms with Crippen LogP contribution in [0.25, 0.3) is 0 Å². The maximum Gasteiger partial charge on any atom is 0.308 e. The number of methoxy groups -OCH3 is 1. The minimum Gasteiger partial charge on any atom is -0.492 e. The molecule has 28 heavy (non-hydrogen) atoms. The van der Waals surface area contributed by atoms with Gasteiger partial charge in [-0.15, -0.1) is 0 Å². The molecule has 2 fully saturated rings. The lowest BCUT2D eigenvalue weighted by Gasteiger charge is -2.36. The van der Waals surface area contributed by atoms with Crippen LogP contribution < -0.4 is 4.74 Å². The molecular formula is C21H31N3O4. The number of hydrogen-bond acceptors (Lipinski definition) is 6. The van der Waals surface area contributed by atoms with Crippen LogP contribution >= 0.6 is 0 Å². The SMILES string of the molecule is COC(=O)C1CCN(C(=O)CN2CCN(CCOc3ccccc3)CC2)CC1. The van der Waals surface area contributed by atoms with Gasteiger partial charge < -0.3 is 14.4 Å². The van der Waals surface area contributed by atoms with Crippen molar-refractivity contribution in [1.29, 1.82) is 0 Å². The summed E-state index contributed by atoms with van der Waals surface area (Å²) < 4.78 is 10.6. The van der Waals surface area contributed by atoms with Crippen molar-refractivity contribution >= 4 is 11.9 Å². The number of carbonyl (C=O) groups is 2. The Bertz CT molecular complexity index is 624. The van der Waals surface area contributed by atoms with Gasteiger partial charge in [0, 0.05) is 45.8 Å². The number of esters is 1. The number of rotatable bonds is 7. The van der Waals surface area contributed by atoms with Gasteiger partial charge in [-0.3, -0.25) is 19.4 Å². The zero-order valence-corrected chi connectivity index (χ0v) is 16.7. The van der Waals surface area contributed by atoms with Crippen molar-refractivity contribution in [3.05, 3.63) is 30.3 Å². The fourth-order valence-corrected chi connectivity index (χ4v) is 3.80. The first-order valence-electron chi connectivity index (χ1n) is 10.1. The van der Waals surface area contributed by atoms with Gasteiger partial charge in [0.15, 0.2) is 0 Å². The van der Waals surface area contributed by atoms with Crippen LogP contribution in [0.15, 0.2) is 30.3 Å². The summed E-state index contributed by atoms with van der Waals surface area (Å²) in [7, 11) is 1.42. The molecule has 0 N–H and O–H groups in total. The summed E-state index contributed by atoms with van der Waals surface area (Å²) in [5, 5.41) is 0. The molecule has 0 aliphatic carbocycles. The Morgan fingerprint density at radius 2 is 1.61 bits per heavy atom. The molecule has 0 unspecified atom stereocenters. The zero-order valence-electron chi connectivity index (χ0n) is 16.7. The summed E-state index contributed by atoms with van der Waals surface area (Å²) in [6.45, 7) is 7.05. The van der Waals surface area contributed by atoms with E-state index in [-0.39, 0.29) is 17.8 Å². The molecule has 154 valence electrons. The Morgan fingerprint density at radius 1 is 0.964 bits per heavy atom. The number of benzene rings is 1. The highest BCUT2D eigenvalue weighted by molar-refractivity contribution is 5.79. The molecule has 0 spiro atoms. The fourth-order valence-electron chi connectivity index (χ4n) is 3.80. The van der Waals surface area contributed by atoms with E-state index in [0.29, 0.717) is 39.1 Å². The standard InChI is InChI=1S/C21H31N3O4/c1-27-21(26)18-7-9-24(10-8-18)20(25)17-23-13-11-22(12-14-23)15-16-28-19-5-3-2-4-6-19/h2-6,18H,7-17H2,1H3. The van der Waals surface area contributed by atoms with Crippen LogP contribution in [-0.2, 0) is 14.3 Å². The predicted octanol–water partition coefficient (Wildman–Crippen LogP) is 1.09. The summed E-state index contributed by atoms with van der Waals surface area (Å²) in [6.07, 6.45) is 1.40. The van der Waals surface area contributed by atoms with Crippen molar-refractivity contribution in [2.24, 2.45) is 5.92 Å². The molecule has 0 aromatic heterocycles. The number of piperazine rings is 1. The molecule has 7 nitrogen and oxygen atoms in total. The van der Waals surface area contributed by atoms with Gasteiger partial charge in [0.05, 0.1) is 19.6 Å². The van der Waals surface area contributed by atoms with Gasteiger partial charge in [-0.2, -0.15) is 0 Å². The zero-order chi connectivity index (χ0) is 19.8. The largest absolute Gasteiger partial charge is 0.492 e. The van der Waals surface area contributed by atoms with E-state index in [9.17, 15) is 9.59 Å².